The lowest BCUT2D eigenvalue weighted by molar-refractivity contribution is 0.0581. The fourth-order valence-electron chi connectivity index (χ4n) is 4.12. The van der Waals surface area contributed by atoms with Crippen LogP contribution in [0, 0.1) is 0 Å². The first-order valence-electron chi connectivity index (χ1n) is 10.9. The number of hydrogen-bond donors (Lipinski definition) is 1. The molecule has 1 spiro atoms. The number of nitrogens with zero attached hydrogens (tertiary/aromatic N) is 2. The molecule has 0 bridgehead atoms. The van der Waals surface area contributed by atoms with E-state index in [0.29, 0.717) is 13.1 Å². The summed E-state index contributed by atoms with van der Waals surface area (Å²) in [6, 6.07) is 8.12. The zero-order valence-electron chi connectivity index (χ0n) is 18.3. The zero-order valence-corrected chi connectivity index (χ0v) is 19.1. The monoisotopic (exact) mass is 417 g/mol. The van der Waals surface area contributed by atoms with E-state index in [2.05, 4.69) is 50.0 Å². The van der Waals surface area contributed by atoms with Crippen molar-refractivity contribution in [2.24, 2.45) is 0 Å². The molecule has 3 rings (SSSR count). The van der Waals surface area contributed by atoms with Crippen LogP contribution < -0.4 is 5.32 Å². The van der Waals surface area contributed by atoms with Crippen LogP contribution in [0.1, 0.15) is 69.3 Å². The molecule has 0 radical (unpaired) electrons. The van der Waals surface area contributed by atoms with E-state index in [0.717, 1.165) is 50.1 Å². The van der Waals surface area contributed by atoms with Crippen LogP contribution >= 0.6 is 11.8 Å². The zero-order chi connectivity index (χ0) is 21.1. The summed E-state index contributed by atoms with van der Waals surface area (Å²) in [6.45, 7) is 11.6. The van der Waals surface area contributed by atoms with E-state index in [-0.39, 0.29) is 22.2 Å². The molecule has 2 aliphatic rings. The van der Waals surface area contributed by atoms with Gasteiger partial charge in [0.05, 0.1) is 4.87 Å². The number of benzene rings is 1. The number of unbranched alkanes of at least 4 members (excludes halogenated alkanes) is 1. The minimum Gasteiger partial charge on any atom is -0.338 e. The molecule has 0 atom stereocenters. The van der Waals surface area contributed by atoms with Crippen LogP contribution in [0.3, 0.4) is 0 Å². The Morgan fingerprint density at radius 3 is 2.34 bits per heavy atom. The number of piperidine rings is 1. The lowest BCUT2D eigenvalue weighted by Crippen LogP contribution is -2.55. The van der Waals surface area contributed by atoms with Crippen molar-refractivity contribution >= 4 is 23.7 Å². The molecule has 2 saturated heterocycles. The molecule has 3 amide bonds. The predicted octanol–water partition coefficient (Wildman–Crippen LogP) is 4.47. The van der Waals surface area contributed by atoms with Crippen LogP contribution in [-0.2, 0) is 5.41 Å². The van der Waals surface area contributed by atoms with Gasteiger partial charge in [0.2, 0.25) is 0 Å². The fourth-order valence-corrected chi connectivity index (χ4v) is 5.58. The van der Waals surface area contributed by atoms with E-state index in [9.17, 15) is 9.59 Å². The van der Waals surface area contributed by atoms with Gasteiger partial charge in [-0.05, 0) is 42.4 Å². The van der Waals surface area contributed by atoms with Crippen molar-refractivity contribution in [2.75, 3.05) is 31.9 Å². The number of urea groups is 1. The number of amides is 3. The van der Waals surface area contributed by atoms with E-state index in [1.807, 2.05) is 28.8 Å². The summed E-state index contributed by atoms with van der Waals surface area (Å²) in [7, 11) is 0. The summed E-state index contributed by atoms with van der Waals surface area (Å²) in [5, 5.41) is 3.01. The van der Waals surface area contributed by atoms with Gasteiger partial charge in [0.25, 0.3) is 5.91 Å². The van der Waals surface area contributed by atoms with Crippen molar-refractivity contribution in [2.45, 2.75) is 63.7 Å². The van der Waals surface area contributed by atoms with Crippen LogP contribution in [0.5, 0.6) is 0 Å². The van der Waals surface area contributed by atoms with Gasteiger partial charge in [-0.2, -0.15) is 0 Å². The highest BCUT2D eigenvalue weighted by molar-refractivity contribution is 8.00. The maximum atomic E-state index is 13.3. The highest BCUT2D eigenvalue weighted by atomic mass is 32.2. The Morgan fingerprint density at radius 1 is 1.10 bits per heavy atom. The molecule has 2 fully saturated rings. The van der Waals surface area contributed by atoms with Gasteiger partial charge in [-0.15, -0.1) is 11.8 Å². The lowest BCUT2D eigenvalue weighted by Gasteiger charge is -2.44. The van der Waals surface area contributed by atoms with E-state index in [4.69, 9.17) is 0 Å². The van der Waals surface area contributed by atoms with Gasteiger partial charge in [0, 0.05) is 37.5 Å². The second-order valence-corrected chi connectivity index (χ2v) is 10.6. The SMILES string of the molecule is CCCCNC(=O)N1CCC2(CC1)SCCN2C(=O)c1ccc(C(C)(C)C)cc1. The lowest BCUT2D eigenvalue weighted by atomic mass is 9.86. The van der Waals surface area contributed by atoms with Gasteiger partial charge >= 0.3 is 6.03 Å². The summed E-state index contributed by atoms with van der Waals surface area (Å²) in [6.07, 6.45) is 3.76. The molecular weight excluding hydrogens is 382 g/mol. The Bertz CT molecular complexity index is 719. The first kappa shape index (κ1) is 22.0. The highest BCUT2D eigenvalue weighted by Gasteiger charge is 2.47. The third-order valence-corrected chi connectivity index (χ3v) is 7.61. The number of thioether (sulfide) groups is 1. The number of hydrogen-bond acceptors (Lipinski definition) is 3. The Morgan fingerprint density at radius 2 is 1.76 bits per heavy atom. The summed E-state index contributed by atoms with van der Waals surface area (Å²) in [5.41, 5.74) is 2.08. The predicted molar refractivity (Wildman–Crippen MR) is 120 cm³/mol. The van der Waals surface area contributed by atoms with Gasteiger partial charge in [0.15, 0.2) is 0 Å². The number of rotatable bonds is 4. The Kier molecular flexibility index (Phi) is 6.82. The average Bonchev–Trinajstić information content (AvgIpc) is 3.10. The maximum absolute atomic E-state index is 13.3. The summed E-state index contributed by atoms with van der Waals surface area (Å²) in [5.74, 6) is 1.09. The van der Waals surface area contributed by atoms with Crippen molar-refractivity contribution in [1.82, 2.24) is 15.1 Å². The van der Waals surface area contributed by atoms with Crippen molar-refractivity contribution < 1.29 is 9.59 Å². The molecule has 0 unspecified atom stereocenters. The van der Waals surface area contributed by atoms with Crippen LogP contribution in [0.25, 0.3) is 0 Å². The van der Waals surface area contributed by atoms with Crippen LogP contribution in [0.2, 0.25) is 0 Å². The number of likely N-dealkylation sites (tertiary alicyclic amines) is 1. The van der Waals surface area contributed by atoms with Crippen molar-refractivity contribution in [3.8, 4) is 0 Å². The summed E-state index contributed by atoms with van der Waals surface area (Å²) >= 11 is 1.89. The summed E-state index contributed by atoms with van der Waals surface area (Å²) < 4.78 is 0. The van der Waals surface area contributed by atoms with Gasteiger partial charge in [0.1, 0.15) is 0 Å². The number of carbonyl (C=O) groups is 2. The van der Waals surface area contributed by atoms with Crippen molar-refractivity contribution in [3.63, 3.8) is 0 Å². The Balaban J connectivity index is 1.64. The van der Waals surface area contributed by atoms with E-state index >= 15 is 0 Å². The molecule has 1 N–H and O–H groups in total. The minimum atomic E-state index is -0.167. The molecule has 5 nitrogen and oxygen atoms in total. The van der Waals surface area contributed by atoms with E-state index < -0.39 is 0 Å². The third-order valence-electron chi connectivity index (χ3n) is 6.06. The second-order valence-electron chi connectivity index (χ2n) is 9.15. The smallest absolute Gasteiger partial charge is 0.317 e. The molecule has 1 aromatic carbocycles. The van der Waals surface area contributed by atoms with Crippen LogP contribution in [0.4, 0.5) is 4.79 Å². The van der Waals surface area contributed by atoms with Gasteiger partial charge in [-0.25, -0.2) is 4.79 Å². The topological polar surface area (TPSA) is 52.7 Å². The van der Waals surface area contributed by atoms with Crippen molar-refractivity contribution in [3.05, 3.63) is 35.4 Å². The van der Waals surface area contributed by atoms with Gasteiger partial charge < -0.3 is 15.1 Å². The first-order chi connectivity index (χ1) is 13.8. The fraction of sp³-hybridized carbons (Fsp3) is 0.652. The molecule has 0 aliphatic carbocycles. The van der Waals surface area contributed by atoms with Crippen LogP contribution in [0.15, 0.2) is 24.3 Å². The molecule has 0 aromatic heterocycles. The number of nitrogens with one attached hydrogen (secondary N) is 1. The van der Waals surface area contributed by atoms with Crippen molar-refractivity contribution in [1.29, 1.82) is 0 Å². The molecule has 0 saturated carbocycles. The number of carbonyl (C=O) groups excluding carboxylic acids is 2. The largest absolute Gasteiger partial charge is 0.338 e. The standard InChI is InChI=1S/C23H35N3O2S/c1-5-6-13-24-21(28)25-14-11-23(12-15-25)26(16-17-29-23)20(27)18-7-9-19(10-8-18)22(2,3)4/h7-10H,5-6,11-17H2,1-4H3,(H,24,28). The minimum absolute atomic E-state index is 0.0342. The quantitative estimate of drug-likeness (QED) is 0.735. The summed E-state index contributed by atoms with van der Waals surface area (Å²) in [4.78, 5) is 29.4. The molecule has 29 heavy (non-hydrogen) atoms. The maximum Gasteiger partial charge on any atom is 0.317 e. The second kappa shape index (κ2) is 8.99. The van der Waals surface area contributed by atoms with E-state index in [1.54, 1.807) is 0 Å². The Hall–Kier alpha value is -1.69. The third kappa shape index (κ3) is 4.90. The molecule has 1 aromatic rings. The highest BCUT2D eigenvalue weighted by Crippen LogP contribution is 2.44. The molecular formula is C23H35N3O2S. The van der Waals surface area contributed by atoms with Gasteiger partial charge in [-0.1, -0.05) is 46.2 Å². The molecule has 160 valence electrons. The normalized spacial score (nSPS) is 18.9. The average molecular weight is 418 g/mol. The Labute approximate surface area is 179 Å². The van der Waals surface area contributed by atoms with Gasteiger partial charge in [-0.3, -0.25) is 4.79 Å². The first-order valence-corrected chi connectivity index (χ1v) is 11.8. The molecule has 2 aliphatic heterocycles. The van der Waals surface area contributed by atoms with Crippen LogP contribution in [-0.4, -0.2) is 58.5 Å². The molecule has 6 heteroatoms. The molecule has 2 heterocycles. The van der Waals surface area contributed by atoms with E-state index in [1.165, 1.54) is 5.56 Å².